The summed E-state index contributed by atoms with van der Waals surface area (Å²) in [6, 6.07) is 23.4. The molecule has 0 unspecified atom stereocenters. The molecule has 0 fully saturated rings. The Balaban J connectivity index is 1.33. The van der Waals surface area contributed by atoms with Gasteiger partial charge in [-0.15, -0.1) is 0 Å². The van der Waals surface area contributed by atoms with Crippen molar-refractivity contribution >= 4 is 17.5 Å². The first-order chi connectivity index (χ1) is 16.2. The van der Waals surface area contributed by atoms with Crippen molar-refractivity contribution in [2.24, 2.45) is 0 Å². The van der Waals surface area contributed by atoms with Gasteiger partial charge in [-0.25, -0.2) is 0 Å². The molecule has 0 radical (unpaired) electrons. The predicted molar refractivity (Wildman–Crippen MR) is 125 cm³/mol. The Labute approximate surface area is 191 Å². The second kappa shape index (κ2) is 10.7. The van der Waals surface area contributed by atoms with E-state index in [1.165, 1.54) is 6.20 Å². The number of carbonyl (C=O) groups is 2. The monoisotopic (exact) mass is 438 g/mol. The number of benzene rings is 2. The maximum atomic E-state index is 12.6. The molecule has 2 N–H and O–H groups in total. The molecule has 0 aliphatic rings. The molecule has 0 aliphatic carbocycles. The third-order valence-corrected chi connectivity index (χ3v) is 4.77. The van der Waals surface area contributed by atoms with Gasteiger partial charge in [0, 0.05) is 36.4 Å². The maximum Gasteiger partial charge on any atom is 0.257 e. The van der Waals surface area contributed by atoms with E-state index in [0.717, 1.165) is 11.3 Å². The summed E-state index contributed by atoms with van der Waals surface area (Å²) in [6.45, 7) is 0.708. The minimum atomic E-state index is -0.289. The van der Waals surface area contributed by atoms with E-state index in [1.54, 1.807) is 48.8 Å². The van der Waals surface area contributed by atoms with E-state index in [4.69, 9.17) is 4.74 Å². The van der Waals surface area contributed by atoms with Crippen molar-refractivity contribution in [3.63, 3.8) is 0 Å². The molecule has 0 spiro atoms. The van der Waals surface area contributed by atoms with Crippen LogP contribution < -0.4 is 15.4 Å². The molecule has 0 bridgehead atoms. The quantitative estimate of drug-likeness (QED) is 0.429. The molecule has 4 rings (SSSR count). The smallest absolute Gasteiger partial charge is 0.257 e. The molecular weight excluding hydrogens is 416 g/mol. The number of carbonyl (C=O) groups excluding carboxylic acids is 2. The molecule has 0 saturated carbocycles. The third-order valence-electron chi connectivity index (χ3n) is 4.77. The second-order valence-electron chi connectivity index (χ2n) is 7.22. The van der Waals surface area contributed by atoms with Crippen LogP contribution in [0.5, 0.6) is 5.75 Å². The number of hydrogen-bond acceptors (Lipinski definition) is 5. The second-order valence-corrected chi connectivity index (χ2v) is 7.22. The molecule has 2 aromatic heterocycles. The van der Waals surface area contributed by atoms with Gasteiger partial charge in [0.2, 0.25) is 0 Å². The van der Waals surface area contributed by atoms with Crippen LogP contribution >= 0.6 is 0 Å². The summed E-state index contributed by atoms with van der Waals surface area (Å²) in [4.78, 5) is 33.1. The van der Waals surface area contributed by atoms with Gasteiger partial charge >= 0.3 is 0 Å². The molecule has 2 heterocycles. The van der Waals surface area contributed by atoms with Crippen LogP contribution in [0.15, 0.2) is 97.5 Å². The van der Waals surface area contributed by atoms with E-state index < -0.39 is 0 Å². The summed E-state index contributed by atoms with van der Waals surface area (Å²) in [6.07, 6.45) is 4.81. The highest BCUT2D eigenvalue weighted by Gasteiger charge is 2.10. The summed E-state index contributed by atoms with van der Waals surface area (Å²) in [7, 11) is 0. The first kappa shape index (κ1) is 21.7. The van der Waals surface area contributed by atoms with E-state index in [1.807, 2.05) is 42.5 Å². The van der Waals surface area contributed by atoms with Crippen LogP contribution in [0, 0.1) is 0 Å². The third kappa shape index (κ3) is 6.24. The Bertz CT molecular complexity index is 1230. The first-order valence-corrected chi connectivity index (χ1v) is 10.4. The lowest BCUT2D eigenvalue weighted by Gasteiger charge is -2.10. The van der Waals surface area contributed by atoms with Gasteiger partial charge < -0.3 is 15.4 Å². The summed E-state index contributed by atoms with van der Waals surface area (Å²) in [5.41, 5.74) is 3.16. The Morgan fingerprint density at radius 2 is 1.70 bits per heavy atom. The van der Waals surface area contributed by atoms with Crippen LogP contribution in [-0.4, -0.2) is 21.8 Å². The summed E-state index contributed by atoms with van der Waals surface area (Å²) in [5, 5.41) is 5.68. The number of pyridine rings is 2. The largest absolute Gasteiger partial charge is 0.487 e. The number of ether oxygens (including phenoxy) is 1. The van der Waals surface area contributed by atoms with Crippen molar-refractivity contribution in [2.75, 3.05) is 5.32 Å². The van der Waals surface area contributed by atoms with Crippen LogP contribution in [0.25, 0.3) is 0 Å². The van der Waals surface area contributed by atoms with Crippen molar-refractivity contribution in [1.82, 2.24) is 15.3 Å². The first-order valence-electron chi connectivity index (χ1n) is 10.4. The highest BCUT2D eigenvalue weighted by molar-refractivity contribution is 6.04. The van der Waals surface area contributed by atoms with Crippen LogP contribution in [-0.2, 0) is 13.2 Å². The van der Waals surface area contributed by atoms with Crippen molar-refractivity contribution in [1.29, 1.82) is 0 Å². The van der Waals surface area contributed by atoms with E-state index in [-0.39, 0.29) is 11.8 Å². The topological polar surface area (TPSA) is 93.2 Å². The van der Waals surface area contributed by atoms with Crippen molar-refractivity contribution in [3.05, 3.63) is 120 Å². The lowest BCUT2D eigenvalue weighted by molar-refractivity contribution is 0.0949. The number of amides is 2. The Kier molecular flexibility index (Phi) is 7.02. The molecule has 4 aromatic rings. The van der Waals surface area contributed by atoms with Gasteiger partial charge in [0.15, 0.2) is 0 Å². The van der Waals surface area contributed by atoms with E-state index in [0.29, 0.717) is 35.7 Å². The minimum Gasteiger partial charge on any atom is -0.487 e. The van der Waals surface area contributed by atoms with Crippen LogP contribution in [0.2, 0.25) is 0 Å². The Morgan fingerprint density at radius 1 is 0.818 bits per heavy atom. The standard InChI is InChI=1S/C26H22N4O3/c31-25(20-7-4-10-22(15-20)30-26(32)21-8-5-12-27-17-21)29-16-19-6-3-11-24(14-19)33-18-23-9-1-2-13-28-23/h1-15,17H,16,18H2,(H,29,31)(H,30,32). The van der Waals surface area contributed by atoms with Crippen molar-refractivity contribution in [2.45, 2.75) is 13.2 Å². The average Bonchev–Trinajstić information content (AvgIpc) is 2.87. The Morgan fingerprint density at radius 3 is 2.52 bits per heavy atom. The number of hydrogen-bond donors (Lipinski definition) is 2. The van der Waals surface area contributed by atoms with Gasteiger partial charge in [0.05, 0.1) is 11.3 Å². The summed E-state index contributed by atoms with van der Waals surface area (Å²) >= 11 is 0. The molecule has 0 atom stereocenters. The van der Waals surface area contributed by atoms with Gasteiger partial charge in [-0.05, 0) is 60.2 Å². The van der Waals surface area contributed by atoms with E-state index in [2.05, 4.69) is 20.6 Å². The zero-order valence-electron chi connectivity index (χ0n) is 17.8. The number of nitrogens with zero attached hydrogens (tertiary/aromatic N) is 2. The van der Waals surface area contributed by atoms with Gasteiger partial charge in [-0.3, -0.25) is 19.6 Å². The number of anilines is 1. The lowest BCUT2D eigenvalue weighted by atomic mass is 10.1. The fraction of sp³-hybridized carbons (Fsp3) is 0.0769. The zero-order chi connectivity index (χ0) is 22.9. The predicted octanol–water partition coefficient (Wildman–Crippen LogP) is 4.24. The van der Waals surface area contributed by atoms with E-state index >= 15 is 0 Å². The fourth-order valence-electron chi connectivity index (χ4n) is 3.11. The zero-order valence-corrected chi connectivity index (χ0v) is 17.8. The van der Waals surface area contributed by atoms with E-state index in [9.17, 15) is 9.59 Å². The summed E-state index contributed by atoms with van der Waals surface area (Å²) < 4.78 is 5.79. The molecular formula is C26H22N4O3. The minimum absolute atomic E-state index is 0.243. The molecule has 0 aliphatic heterocycles. The average molecular weight is 438 g/mol. The fourth-order valence-corrected chi connectivity index (χ4v) is 3.11. The number of rotatable bonds is 8. The molecule has 0 saturated heterocycles. The van der Waals surface area contributed by atoms with Gasteiger partial charge in [-0.1, -0.05) is 24.3 Å². The Hall–Kier alpha value is -4.52. The maximum absolute atomic E-state index is 12.6. The van der Waals surface area contributed by atoms with Gasteiger partial charge in [0.25, 0.3) is 11.8 Å². The molecule has 33 heavy (non-hydrogen) atoms. The van der Waals surface area contributed by atoms with Crippen LogP contribution in [0.4, 0.5) is 5.69 Å². The van der Waals surface area contributed by atoms with Gasteiger partial charge in [0.1, 0.15) is 12.4 Å². The summed E-state index contributed by atoms with van der Waals surface area (Å²) in [5.74, 6) is 0.169. The lowest BCUT2D eigenvalue weighted by Crippen LogP contribution is -2.23. The van der Waals surface area contributed by atoms with Gasteiger partial charge in [-0.2, -0.15) is 0 Å². The van der Waals surface area contributed by atoms with Crippen LogP contribution in [0.1, 0.15) is 32.0 Å². The normalized spacial score (nSPS) is 10.3. The number of aromatic nitrogens is 2. The highest BCUT2D eigenvalue weighted by Crippen LogP contribution is 2.16. The SMILES string of the molecule is O=C(NCc1cccc(OCc2ccccn2)c1)c1cccc(NC(=O)c2cccnc2)c1. The highest BCUT2D eigenvalue weighted by atomic mass is 16.5. The van der Waals surface area contributed by atoms with Crippen LogP contribution in [0.3, 0.4) is 0 Å². The van der Waals surface area contributed by atoms with Crippen molar-refractivity contribution in [3.8, 4) is 5.75 Å². The molecule has 7 heteroatoms. The molecule has 2 amide bonds. The van der Waals surface area contributed by atoms with Crippen molar-refractivity contribution < 1.29 is 14.3 Å². The molecule has 164 valence electrons. The number of nitrogens with one attached hydrogen (secondary N) is 2. The molecule has 2 aromatic carbocycles. The molecule has 7 nitrogen and oxygen atoms in total.